The van der Waals surface area contributed by atoms with E-state index in [0.29, 0.717) is 54.2 Å². The maximum absolute atomic E-state index is 13.3. The highest BCUT2D eigenvalue weighted by Gasteiger charge is 2.28. The van der Waals surface area contributed by atoms with Gasteiger partial charge in [0.05, 0.1) is 54.7 Å². The van der Waals surface area contributed by atoms with E-state index >= 15 is 0 Å². The zero-order valence-electron chi connectivity index (χ0n) is 35.4. The second-order valence-electron chi connectivity index (χ2n) is 15.8. The van der Waals surface area contributed by atoms with Crippen molar-refractivity contribution in [2.45, 2.75) is 57.4 Å². The first-order chi connectivity index (χ1) is 30.7. The molecule has 2 aliphatic rings. The van der Waals surface area contributed by atoms with Crippen LogP contribution < -0.4 is 14.3 Å². The third-order valence-electron chi connectivity index (χ3n) is 11.0. The van der Waals surface area contributed by atoms with Crippen molar-refractivity contribution in [1.29, 1.82) is 0 Å². The number of carbonyl (C=O) groups is 1. The fourth-order valence-corrected chi connectivity index (χ4v) is 10.5. The van der Waals surface area contributed by atoms with E-state index in [4.69, 9.17) is 10.2 Å². The number of likely N-dealkylation sites (tertiary alicyclic amines) is 2. The quantitative estimate of drug-likeness (QED) is 0.0983. The number of aliphatic hydroxyl groups is 2. The molecule has 2 saturated heterocycles. The maximum Gasteiger partial charge on any atom is 0.314 e. The lowest BCUT2D eigenvalue weighted by molar-refractivity contribution is 0.0739. The molecule has 5 aromatic rings. The molecule has 0 bridgehead atoms. The van der Waals surface area contributed by atoms with Gasteiger partial charge in [-0.15, -0.1) is 10.2 Å². The molecule has 344 valence electrons. The average Bonchev–Trinajstić information content (AvgIpc) is 3.81. The third-order valence-corrected chi connectivity index (χ3v) is 14.4. The molecule has 64 heavy (non-hydrogen) atoms. The van der Waals surface area contributed by atoms with E-state index in [2.05, 4.69) is 10.2 Å². The van der Waals surface area contributed by atoms with Gasteiger partial charge in [-0.25, -0.2) is 16.8 Å². The highest BCUT2D eigenvalue weighted by atomic mass is 32.2. The Hall–Kier alpha value is -5.15. The molecule has 0 aliphatic carbocycles. The molecule has 7 rings (SSSR count). The molecule has 0 spiro atoms. The Morgan fingerprint density at radius 3 is 1.56 bits per heavy atom. The number of aromatic nitrogens is 2. The molecule has 4 aromatic carbocycles. The minimum atomic E-state index is -3.67. The van der Waals surface area contributed by atoms with Crippen molar-refractivity contribution in [3.8, 4) is 11.5 Å². The van der Waals surface area contributed by atoms with E-state index in [1.165, 1.54) is 8.61 Å². The predicted molar refractivity (Wildman–Crippen MR) is 241 cm³/mol. The molecule has 15 nitrogen and oxygen atoms in total. The summed E-state index contributed by atoms with van der Waals surface area (Å²) in [6.07, 6.45) is -0.438. The number of nitrogens with two attached hydrogens (primary N) is 1. The summed E-state index contributed by atoms with van der Waals surface area (Å²) in [6.45, 7) is 3.49. The van der Waals surface area contributed by atoms with Gasteiger partial charge < -0.3 is 20.4 Å². The van der Waals surface area contributed by atoms with E-state index in [9.17, 15) is 40.6 Å². The first kappa shape index (κ1) is 48.3. The molecule has 2 unspecified atom stereocenters. The van der Waals surface area contributed by atoms with Crippen LogP contribution in [0.1, 0.15) is 59.5 Å². The van der Waals surface area contributed by atoms with Crippen molar-refractivity contribution < 1.29 is 45.0 Å². The van der Waals surface area contributed by atoms with Crippen LogP contribution in [-0.4, -0.2) is 122 Å². The number of anilines is 2. The largest absolute Gasteiger partial charge is 0.415 e. The fourth-order valence-electron chi connectivity index (χ4n) is 7.50. The number of piperidine rings is 2. The fraction of sp³-hybridized carbons (Fsp3) is 0.400. The number of Topliss-reactive ketones (excluding diaryl/α,β-unsaturated/α-hetero) is 1. The van der Waals surface area contributed by atoms with Crippen LogP contribution in [0.5, 0.6) is 0 Å². The number of para-hydroxylation sites is 2. The van der Waals surface area contributed by atoms with Gasteiger partial charge in [0.2, 0.25) is 25.9 Å². The second-order valence-corrected chi connectivity index (χ2v) is 19.8. The van der Waals surface area contributed by atoms with Crippen molar-refractivity contribution in [3.63, 3.8) is 0 Å². The number of alkyl halides is 2. The van der Waals surface area contributed by atoms with Gasteiger partial charge in [0, 0.05) is 37.3 Å². The van der Waals surface area contributed by atoms with Gasteiger partial charge in [0.1, 0.15) is 0 Å². The average molecular weight is 924 g/mol. The van der Waals surface area contributed by atoms with Crippen molar-refractivity contribution in [2.75, 3.05) is 65.9 Å². The highest BCUT2D eigenvalue weighted by molar-refractivity contribution is 7.93. The molecule has 4 N–H and O–H groups in total. The number of hydrogen-bond acceptors (Lipinski definition) is 13. The Bertz CT molecular complexity index is 2450. The third kappa shape index (κ3) is 13.7. The lowest BCUT2D eigenvalue weighted by atomic mass is 10.1. The van der Waals surface area contributed by atoms with Gasteiger partial charge in [0.25, 0.3) is 5.89 Å². The van der Waals surface area contributed by atoms with Crippen LogP contribution in [0, 0.1) is 0 Å². The van der Waals surface area contributed by atoms with E-state index in [1.54, 1.807) is 84.9 Å². The SMILES string of the molecule is NCC(=O)c1ccc(CN(c2ccccc2)S(=O)(=O)CCN2CCCC(O)C2)cc1.O=S(=O)(CCN1CCCC(O)C1)N(Cc1ccc(-c2nnc(C(F)F)o2)cc1)c1ccccc1. The van der Waals surface area contributed by atoms with Gasteiger partial charge in [-0.2, -0.15) is 8.78 Å². The molecule has 2 atom stereocenters. The van der Waals surface area contributed by atoms with E-state index < -0.39 is 38.5 Å². The molecule has 0 radical (unpaired) electrons. The van der Waals surface area contributed by atoms with Crippen molar-refractivity contribution >= 4 is 37.2 Å². The van der Waals surface area contributed by atoms with Crippen LogP contribution in [0.3, 0.4) is 0 Å². The zero-order chi connectivity index (χ0) is 45.7. The Morgan fingerprint density at radius 2 is 1.16 bits per heavy atom. The van der Waals surface area contributed by atoms with Gasteiger partial charge in [-0.3, -0.25) is 23.2 Å². The molecular weight excluding hydrogens is 869 g/mol. The standard InChI is InChI=1S/C23H26F2N4O4S.C22H29N3O4S/c24-21(25)23-27-26-22(33-23)18-10-8-17(9-11-18)15-29(19-5-2-1-3-6-19)34(31,32)14-13-28-12-4-7-20(30)16-28;23-15-22(27)19-10-8-18(9-11-19)16-25(20-5-2-1-3-6-20)30(28,29)14-13-24-12-4-7-21(26)17-24/h1-3,5-6,8-11,20-21,30H,4,7,12-16H2;1-3,5-6,8-11,21,26H,4,7,12-17,23H2. The van der Waals surface area contributed by atoms with Crippen molar-refractivity contribution in [3.05, 3.63) is 132 Å². The summed E-state index contributed by atoms with van der Waals surface area (Å²) in [5.74, 6) is -1.04. The number of halogens is 2. The smallest absolute Gasteiger partial charge is 0.314 e. The number of nitrogens with zero attached hydrogens (tertiary/aromatic N) is 6. The van der Waals surface area contributed by atoms with E-state index in [-0.39, 0.29) is 48.9 Å². The summed E-state index contributed by atoms with van der Waals surface area (Å²) >= 11 is 0. The minimum Gasteiger partial charge on any atom is -0.415 e. The monoisotopic (exact) mass is 923 g/mol. The first-order valence-electron chi connectivity index (χ1n) is 21.2. The zero-order valence-corrected chi connectivity index (χ0v) is 37.0. The first-order valence-corrected chi connectivity index (χ1v) is 24.4. The molecule has 1 aromatic heterocycles. The molecule has 0 saturated carbocycles. The molecule has 19 heteroatoms. The van der Waals surface area contributed by atoms with Crippen LogP contribution >= 0.6 is 0 Å². The van der Waals surface area contributed by atoms with Crippen LogP contribution in [0.25, 0.3) is 11.5 Å². The van der Waals surface area contributed by atoms with E-state index in [0.717, 1.165) is 44.3 Å². The molecule has 2 fully saturated rings. The Kier molecular flexibility index (Phi) is 17.1. The normalized spacial score (nSPS) is 17.4. The Labute approximate surface area is 373 Å². The number of aliphatic hydroxyl groups excluding tert-OH is 2. The second kappa shape index (κ2) is 22.7. The van der Waals surface area contributed by atoms with Gasteiger partial charge in [-0.05, 0) is 86.3 Å². The van der Waals surface area contributed by atoms with Crippen LogP contribution in [0.15, 0.2) is 114 Å². The maximum atomic E-state index is 13.3. The molecular formula is C45H55F2N7O8S2. The topological polar surface area (TPSA) is 204 Å². The molecule has 3 heterocycles. The predicted octanol–water partition coefficient (Wildman–Crippen LogP) is 5.09. The summed E-state index contributed by atoms with van der Waals surface area (Å²) in [7, 11) is -7.27. The summed E-state index contributed by atoms with van der Waals surface area (Å²) < 4.78 is 86.3. The van der Waals surface area contributed by atoms with Crippen LogP contribution in [-0.2, 0) is 33.1 Å². The summed E-state index contributed by atoms with van der Waals surface area (Å²) in [5.41, 5.74) is 9.00. The number of carbonyl (C=O) groups excluding carboxylic acids is 1. The summed E-state index contributed by atoms with van der Waals surface area (Å²) in [4.78, 5) is 15.7. The number of hydrogen-bond donors (Lipinski definition) is 3. The minimum absolute atomic E-state index is 0.0294. The number of rotatable bonds is 18. The lowest BCUT2D eigenvalue weighted by Gasteiger charge is -2.31. The van der Waals surface area contributed by atoms with Crippen molar-refractivity contribution in [1.82, 2.24) is 20.0 Å². The lowest BCUT2D eigenvalue weighted by Crippen LogP contribution is -2.43. The van der Waals surface area contributed by atoms with Crippen LogP contribution in [0.2, 0.25) is 0 Å². The Balaban J connectivity index is 0.000000214. The van der Waals surface area contributed by atoms with E-state index in [1.807, 2.05) is 34.1 Å². The highest BCUT2D eigenvalue weighted by Crippen LogP contribution is 2.27. The number of ketones is 1. The van der Waals surface area contributed by atoms with Crippen LogP contribution in [0.4, 0.5) is 20.2 Å². The summed E-state index contributed by atoms with van der Waals surface area (Å²) in [6, 6.07) is 31.4. The summed E-state index contributed by atoms with van der Waals surface area (Å²) in [5, 5.41) is 26.7. The van der Waals surface area contributed by atoms with Gasteiger partial charge in [-0.1, -0.05) is 72.8 Å². The number of β-amino-alcohol motifs (C(OH)–C–C–N with tert-alkyl or cyclic N) is 2. The van der Waals surface area contributed by atoms with Gasteiger partial charge >= 0.3 is 6.43 Å². The number of sulfonamides is 2. The number of benzene rings is 4. The molecule has 2 aliphatic heterocycles. The molecule has 0 amide bonds. The van der Waals surface area contributed by atoms with Gasteiger partial charge in [0.15, 0.2) is 5.78 Å². The Morgan fingerprint density at radius 1 is 0.703 bits per heavy atom. The van der Waals surface area contributed by atoms with Crippen molar-refractivity contribution in [2.24, 2.45) is 5.73 Å².